The van der Waals surface area contributed by atoms with E-state index in [1.807, 2.05) is 110 Å². The summed E-state index contributed by atoms with van der Waals surface area (Å²) in [6.07, 6.45) is 0. The monoisotopic (exact) mass is 579 g/mol. The Morgan fingerprint density at radius 3 is 2.07 bits per heavy atom. The highest BCUT2D eigenvalue weighted by molar-refractivity contribution is 6.35. The highest BCUT2D eigenvalue weighted by atomic mass is 16.2. The van der Waals surface area contributed by atoms with E-state index in [2.05, 4.69) is 34.9 Å². The van der Waals surface area contributed by atoms with E-state index >= 15 is 0 Å². The molecule has 0 N–H and O–H groups in total. The molecule has 212 valence electrons. The maximum absolute atomic E-state index is 14.2. The second-order valence-electron chi connectivity index (χ2n) is 11.3. The molecule has 45 heavy (non-hydrogen) atoms. The van der Waals surface area contributed by atoms with Crippen LogP contribution in [0.15, 0.2) is 133 Å². The zero-order chi connectivity index (χ0) is 30.7. The van der Waals surface area contributed by atoms with Crippen LogP contribution in [0.4, 0.5) is 5.69 Å². The summed E-state index contributed by atoms with van der Waals surface area (Å²) in [6.45, 7) is 2.01. The molecule has 0 fully saturated rings. The molecule has 2 amide bonds. The Bertz CT molecular complexity index is 2380. The molecular weight excluding hydrogens is 554 g/mol. The quantitative estimate of drug-likeness (QED) is 0.195. The fourth-order valence-electron chi connectivity index (χ4n) is 6.58. The number of fused-ring (bicyclic) bond motifs is 4. The Kier molecular flexibility index (Phi) is 5.97. The van der Waals surface area contributed by atoms with E-state index in [0.717, 1.165) is 49.6 Å². The summed E-state index contributed by atoms with van der Waals surface area (Å²) in [6, 6.07) is 45.4. The number of aryl methyl sites for hydroxylation is 1. The first kappa shape index (κ1) is 26.4. The number of aromatic nitrogens is 1. The Morgan fingerprint density at radius 1 is 0.578 bits per heavy atom. The van der Waals surface area contributed by atoms with Gasteiger partial charge >= 0.3 is 0 Å². The van der Waals surface area contributed by atoms with Gasteiger partial charge in [0, 0.05) is 10.8 Å². The lowest BCUT2D eigenvalue weighted by Crippen LogP contribution is -2.29. The van der Waals surface area contributed by atoms with Crippen LogP contribution in [0.1, 0.15) is 31.8 Å². The number of carbonyl (C=O) groups is 2. The van der Waals surface area contributed by atoms with Crippen molar-refractivity contribution in [2.75, 3.05) is 4.90 Å². The minimum atomic E-state index is -0.344. The van der Waals surface area contributed by atoms with Crippen molar-refractivity contribution in [1.29, 1.82) is 5.26 Å². The van der Waals surface area contributed by atoms with Crippen LogP contribution in [0.2, 0.25) is 0 Å². The fraction of sp³-hybridized carbons (Fsp3) is 0.0250. The van der Waals surface area contributed by atoms with Crippen LogP contribution in [-0.4, -0.2) is 16.4 Å². The first-order valence-electron chi connectivity index (χ1n) is 14.8. The van der Waals surface area contributed by atoms with Gasteiger partial charge in [-0.05, 0) is 83.3 Å². The maximum Gasteiger partial charge on any atom is 0.268 e. The second-order valence-corrected chi connectivity index (χ2v) is 11.3. The zero-order valence-corrected chi connectivity index (χ0v) is 24.4. The number of benzene rings is 6. The molecule has 0 saturated carbocycles. The number of hydrogen-bond donors (Lipinski definition) is 0. The number of nitriles is 1. The molecule has 0 bridgehead atoms. The van der Waals surface area contributed by atoms with Gasteiger partial charge in [-0.15, -0.1) is 0 Å². The Labute approximate surface area is 259 Å². The van der Waals surface area contributed by atoms with Gasteiger partial charge < -0.3 is 4.57 Å². The number of rotatable bonds is 4. The number of para-hydroxylation sites is 1. The fourth-order valence-corrected chi connectivity index (χ4v) is 6.58. The molecule has 0 radical (unpaired) electrons. The molecule has 0 spiro atoms. The lowest BCUT2D eigenvalue weighted by atomic mass is 9.97. The third-order valence-corrected chi connectivity index (χ3v) is 8.71. The van der Waals surface area contributed by atoms with E-state index in [0.29, 0.717) is 28.1 Å². The predicted molar refractivity (Wildman–Crippen MR) is 179 cm³/mol. The molecule has 8 rings (SSSR count). The molecule has 6 aromatic carbocycles. The predicted octanol–water partition coefficient (Wildman–Crippen LogP) is 9.10. The lowest BCUT2D eigenvalue weighted by molar-refractivity contribution is 0.0926. The largest absolute Gasteiger partial charge is 0.308 e. The first-order valence-corrected chi connectivity index (χ1v) is 14.8. The Morgan fingerprint density at radius 2 is 1.29 bits per heavy atom. The second kappa shape index (κ2) is 10.2. The van der Waals surface area contributed by atoms with Gasteiger partial charge in [0.15, 0.2) is 0 Å². The average Bonchev–Trinajstić information content (AvgIpc) is 3.55. The standard InChI is InChI=1S/C40H25N3O2/c1-25-22-26(24-41)14-20-31(25)29-17-21-33-32-10-5-6-12-35(32)43(37(33)23-29)36-13-7-11-34-38(36)40(45)42(39(34)44)30-18-15-28(16-19-30)27-8-3-2-4-9-27/h2-23H,1H3. The average molecular weight is 580 g/mol. The van der Waals surface area contributed by atoms with Crippen molar-refractivity contribution >= 4 is 39.3 Å². The van der Waals surface area contributed by atoms with Gasteiger partial charge in [0.25, 0.3) is 11.8 Å². The van der Waals surface area contributed by atoms with Gasteiger partial charge in [-0.2, -0.15) is 5.26 Å². The third kappa shape index (κ3) is 4.08. The van der Waals surface area contributed by atoms with E-state index in [1.165, 1.54) is 4.90 Å². The SMILES string of the molecule is Cc1cc(C#N)ccc1-c1ccc2c3ccccc3n(-c3cccc4c3C(=O)N(c3ccc(-c5ccccc5)cc3)C4=O)c2c1. The molecular formula is C40H25N3O2. The van der Waals surface area contributed by atoms with Gasteiger partial charge in [0.2, 0.25) is 0 Å². The Balaban J connectivity index is 1.29. The summed E-state index contributed by atoms with van der Waals surface area (Å²) < 4.78 is 2.10. The van der Waals surface area contributed by atoms with Gasteiger partial charge in [0.05, 0.1) is 45.2 Å². The minimum Gasteiger partial charge on any atom is -0.308 e. The van der Waals surface area contributed by atoms with Crippen molar-refractivity contribution in [1.82, 2.24) is 4.57 Å². The highest BCUT2D eigenvalue weighted by Gasteiger charge is 2.39. The lowest BCUT2D eigenvalue weighted by Gasteiger charge is -2.15. The van der Waals surface area contributed by atoms with E-state index in [4.69, 9.17) is 0 Å². The molecule has 1 aliphatic heterocycles. The van der Waals surface area contributed by atoms with Crippen molar-refractivity contribution in [3.63, 3.8) is 0 Å². The summed E-state index contributed by atoms with van der Waals surface area (Å²) in [4.78, 5) is 29.3. The summed E-state index contributed by atoms with van der Waals surface area (Å²) in [5.41, 5.74) is 9.57. The molecule has 0 unspecified atom stereocenters. The molecule has 0 saturated heterocycles. The van der Waals surface area contributed by atoms with Crippen molar-refractivity contribution in [2.45, 2.75) is 6.92 Å². The summed E-state index contributed by atoms with van der Waals surface area (Å²) in [5.74, 6) is -0.679. The van der Waals surface area contributed by atoms with Gasteiger partial charge in [-0.3, -0.25) is 9.59 Å². The van der Waals surface area contributed by atoms with Crippen LogP contribution in [-0.2, 0) is 0 Å². The van der Waals surface area contributed by atoms with Gasteiger partial charge in [-0.25, -0.2) is 4.90 Å². The van der Waals surface area contributed by atoms with Crippen LogP contribution < -0.4 is 4.90 Å². The van der Waals surface area contributed by atoms with E-state index in [9.17, 15) is 14.9 Å². The molecule has 1 aromatic heterocycles. The van der Waals surface area contributed by atoms with Crippen molar-refractivity contribution in [3.8, 4) is 34.0 Å². The summed E-state index contributed by atoms with van der Waals surface area (Å²) in [7, 11) is 0. The summed E-state index contributed by atoms with van der Waals surface area (Å²) >= 11 is 0. The van der Waals surface area contributed by atoms with Crippen LogP contribution in [0.3, 0.4) is 0 Å². The van der Waals surface area contributed by atoms with Gasteiger partial charge in [0.1, 0.15) is 0 Å². The number of nitrogens with zero attached hydrogens (tertiary/aromatic N) is 3. The Hall–Kier alpha value is -6.25. The molecule has 1 aliphatic rings. The van der Waals surface area contributed by atoms with Crippen molar-refractivity contribution < 1.29 is 9.59 Å². The first-order chi connectivity index (χ1) is 22.0. The minimum absolute atomic E-state index is 0.334. The summed E-state index contributed by atoms with van der Waals surface area (Å²) in [5, 5.41) is 11.5. The van der Waals surface area contributed by atoms with E-state index < -0.39 is 0 Å². The smallest absolute Gasteiger partial charge is 0.268 e. The maximum atomic E-state index is 14.2. The number of imide groups is 1. The molecule has 5 nitrogen and oxygen atoms in total. The number of amides is 2. The molecule has 5 heteroatoms. The molecule has 2 heterocycles. The topological polar surface area (TPSA) is 66.1 Å². The van der Waals surface area contributed by atoms with Crippen molar-refractivity contribution in [2.24, 2.45) is 0 Å². The van der Waals surface area contributed by atoms with Gasteiger partial charge in [-0.1, -0.05) is 84.9 Å². The molecule has 7 aromatic rings. The third-order valence-electron chi connectivity index (χ3n) is 8.71. The van der Waals surface area contributed by atoms with E-state index in [1.54, 1.807) is 6.07 Å². The van der Waals surface area contributed by atoms with Crippen LogP contribution in [0, 0.1) is 18.3 Å². The van der Waals surface area contributed by atoms with Crippen LogP contribution in [0.25, 0.3) is 49.7 Å². The highest BCUT2D eigenvalue weighted by Crippen LogP contribution is 2.39. The zero-order valence-electron chi connectivity index (χ0n) is 24.4. The molecule has 0 aliphatic carbocycles. The number of hydrogen-bond acceptors (Lipinski definition) is 3. The normalized spacial score (nSPS) is 12.6. The number of carbonyl (C=O) groups excluding carboxylic acids is 2. The van der Waals surface area contributed by atoms with Crippen LogP contribution in [0.5, 0.6) is 0 Å². The van der Waals surface area contributed by atoms with Crippen LogP contribution >= 0.6 is 0 Å². The van der Waals surface area contributed by atoms with Crippen molar-refractivity contribution in [3.05, 3.63) is 156 Å². The number of anilines is 1. The molecule has 0 atom stereocenters. The van der Waals surface area contributed by atoms with E-state index in [-0.39, 0.29) is 11.8 Å².